The average molecular weight is 247 g/mol. The molecule has 1 aliphatic rings. The predicted octanol–water partition coefficient (Wildman–Crippen LogP) is 3.90. The van der Waals surface area contributed by atoms with Crippen LogP contribution in [0.15, 0.2) is 24.3 Å². The van der Waals surface area contributed by atoms with Crippen LogP contribution in [0.2, 0.25) is 0 Å². The van der Waals surface area contributed by atoms with Crippen LogP contribution in [0.25, 0.3) is 0 Å². The molecule has 1 aromatic rings. The molecule has 100 valence electrons. The third-order valence-corrected chi connectivity index (χ3v) is 3.94. The fourth-order valence-corrected chi connectivity index (χ4v) is 2.76. The van der Waals surface area contributed by atoms with Crippen LogP contribution >= 0.6 is 0 Å². The standard InChI is InChI=1S/C16H25NO/c1-3-18-15-10-6-5-9-14(15)13-17-16(2)11-7-4-8-12-16/h5-6,9-10,17H,3-4,7-8,11-13H2,1-2H3. The van der Waals surface area contributed by atoms with Crippen molar-refractivity contribution in [2.45, 2.75) is 58.0 Å². The molecule has 0 spiro atoms. The fourth-order valence-electron chi connectivity index (χ4n) is 2.76. The summed E-state index contributed by atoms with van der Waals surface area (Å²) in [5, 5.41) is 3.73. The fraction of sp³-hybridized carbons (Fsp3) is 0.625. The number of hydrogen-bond acceptors (Lipinski definition) is 2. The van der Waals surface area contributed by atoms with Crippen LogP contribution in [0.3, 0.4) is 0 Å². The van der Waals surface area contributed by atoms with Crippen LogP contribution in [0, 0.1) is 0 Å². The molecule has 0 radical (unpaired) electrons. The van der Waals surface area contributed by atoms with E-state index in [4.69, 9.17) is 4.74 Å². The van der Waals surface area contributed by atoms with Crippen molar-refractivity contribution in [3.05, 3.63) is 29.8 Å². The minimum Gasteiger partial charge on any atom is -0.494 e. The predicted molar refractivity (Wildman–Crippen MR) is 75.9 cm³/mol. The minimum absolute atomic E-state index is 0.317. The molecule has 1 saturated carbocycles. The van der Waals surface area contributed by atoms with E-state index in [0.29, 0.717) is 5.54 Å². The van der Waals surface area contributed by atoms with Crippen molar-refractivity contribution in [1.29, 1.82) is 0 Å². The first-order chi connectivity index (χ1) is 8.73. The quantitative estimate of drug-likeness (QED) is 0.852. The molecular formula is C16H25NO. The number of para-hydroxylation sites is 1. The topological polar surface area (TPSA) is 21.3 Å². The molecule has 1 N–H and O–H groups in total. The largest absolute Gasteiger partial charge is 0.494 e. The van der Waals surface area contributed by atoms with Gasteiger partial charge in [-0.1, -0.05) is 37.5 Å². The van der Waals surface area contributed by atoms with Gasteiger partial charge in [0.05, 0.1) is 6.61 Å². The molecule has 2 nitrogen and oxygen atoms in total. The van der Waals surface area contributed by atoms with Gasteiger partial charge in [-0.25, -0.2) is 0 Å². The highest BCUT2D eigenvalue weighted by atomic mass is 16.5. The van der Waals surface area contributed by atoms with E-state index < -0.39 is 0 Å². The molecule has 0 saturated heterocycles. The lowest BCUT2D eigenvalue weighted by molar-refractivity contribution is 0.250. The van der Waals surface area contributed by atoms with Gasteiger partial charge >= 0.3 is 0 Å². The van der Waals surface area contributed by atoms with Gasteiger partial charge in [-0.3, -0.25) is 0 Å². The first-order valence-electron chi connectivity index (χ1n) is 7.19. The zero-order chi connectivity index (χ0) is 12.8. The van der Waals surface area contributed by atoms with Crippen molar-refractivity contribution >= 4 is 0 Å². The van der Waals surface area contributed by atoms with E-state index in [0.717, 1.165) is 18.9 Å². The van der Waals surface area contributed by atoms with E-state index in [-0.39, 0.29) is 0 Å². The van der Waals surface area contributed by atoms with Crippen LogP contribution in [0.1, 0.15) is 51.5 Å². The summed E-state index contributed by atoms with van der Waals surface area (Å²) in [7, 11) is 0. The van der Waals surface area contributed by atoms with Gasteiger partial charge in [-0.05, 0) is 32.8 Å². The maximum absolute atomic E-state index is 5.67. The Morgan fingerprint density at radius 2 is 1.89 bits per heavy atom. The highest BCUT2D eigenvalue weighted by molar-refractivity contribution is 5.33. The second-order valence-corrected chi connectivity index (χ2v) is 5.52. The van der Waals surface area contributed by atoms with Gasteiger partial charge in [0, 0.05) is 17.6 Å². The van der Waals surface area contributed by atoms with E-state index in [2.05, 4.69) is 30.4 Å². The molecule has 0 aromatic heterocycles. The maximum atomic E-state index is 5.67. The smallest absolute Gasteiger partial charge is 0.123 e. The van der Waals surface area contributed by atoms with Gasteiger partial charge in [0.2, 0.25) is 0 Å². The minimum atomic E-state index is 0.317. The monoisotopic (exact) mass is 247 g/mol. The second kappa shape index (κ2) is 6.24. The summed E-state index contributed by atoms with van der Waals surface area (Å²) in [6.07, 6.45) is 6.70. The lowest BCUT2D eigenvalue weighted by Crippen LogP contribution is -2.43. The molecule has 0 aliphatic heterocycles. The molecule has 1 aromatic carbocycles. The van der Waals surface area contributed by atoms with Gasteiger partial charge in [0.15, 0.2) is 0 Å². The zero-order valence-corrected chi connectivity index (χ0v) is 11.7. The van der Waals surface area contributed by atoms with Crippen molar-refractivity contribution < 1.29 is 4.74 Å². The summed E-state index contributed by atoms with van der Waals surface area (Å²) < 4.78 is 5.67. The lowest BCUT2D eigenvalue weighted by atomic mass is 9.83. The van der Waals surface area contributed by atoms with Gasteiger partial charge < -0.3 is 10.1 Å². The first-order valence-corrected chi connectivity index (χ1v) is 7.19. The molecule has 1 aliphatic carbocycles. The van der Waals surface area contributed by atoms with Gasteiger partial charge in [-0.15, -0.1) is 0 Å². The van der Waals surface area contributed by atoms with Crippen molar-refractivity contribution in [2.75, 3.05) is 6.61 Å². The van der Waals surface area contributed by atoms with E-state index in [1.54, 1.807) is 0 Å². The molecule has 0 atom stereocenters. The van der Waals surface area contributed by atoms with Crippen LogP contribution < -0.4 is 10.1 Å². The van der Waals surface area contributed by atoms with Gasteiger partial charge in [0.1, 0.15) is 5.75 Å². The molecule has 18 heavy (non-hydrogen) atoms. The zero-order valence-electron chi connectivity index (χ0n) is 11.7. The van der Waals surface area contributed by atoms with E-state index in [1.807, 2.05) is 13.0 Å². The lowest BCUT2D eigenvalue weighted by Gasteiger charge is -2.35. The van der Waals surface area contributed by atoms with Crippen LogP contribution in [-0.2, 0) is 6.54 Å². The van der Waals surface area contributed by atoms with E-state index >= 15 is 0 Å². The normalized spacial score (nSPS) is 18.6. The van der Waals surface area contributed by atoms with Crippen LogP contribution in [-0.4, -0.2) is 12.1 Å². The van der Waals surface area contributed by atoms with E-state index in [1.165, 1.54) is 37.7 Å². The number of benzene rings is 1. The summed E-state index contributed by atoms with van der Waals surface area (Å²) in [4.78, 5) is 0. The van der Waals surface area contributed by atoms with Gasteiger partial charge in [-0.2, -0.15) is 0 Å². The summed E-state index contributed by atoms with van der Waals surface area (Å²) in [5.41, 5.74) is 1.59. The molecule has 0 bridgehead atoms. The summed E-state index contributed by atoms with van der Waals surface area (Å²) in [6.45, 7) is 6.03. The summed E-state index contributed by atoms with van der Waals surface area (Å²) in [5.74, 6) is 1.02. The third-order valence-electron chi connectivity index (χ3n) is 3.94. The van der Waals surface area contributed by atoms with Crippen molar-refractivity contribution in [2.24, 2.45) is 0 Å². The molecule has 0 unspecified atom stereocenters. The number of ether oxygens (including phenoxy) is 1. The van der Waals surface area contributed by atoms with Crippen molar-refractivity contribution in [3.63, 3.8) is 0 Å². The average Bonchev–Trinajstić information content (AvgIpc) is 2.39. The Morgan fingerprint density at radius 1 is 1.17 bits per heavy atom. The molecular weight excluding hydrogens is 222 g/mol. The highest BCUT2D eigenvalue weighted by Gasteiger charge is 2.25. The molecule has 1 fully saturated rings. The number of rotatable bonds is 5. The Bertz CT molecular complexity index is 369. The second-order valence-electron chi connectivity index (χ2n) is 5.52. The molecule has 0 heterocycles. The Balaban J connectivity index is 1.96. The highest BCUT2D eigenvalue weighted by Crippen LogP contribution is 2.28. The van der Waals surface area contributed by atoms with E-state index in [9.17, 15) is 0 Å². The summed E-state index contributed by atoms with van der Waals surface area (Å²) in [6, 6.07) is 8.34. The van der Waals surface area contributed by atoms with Crippen molar-refractivity contribution in [3.8, 4) is 5.75 Å². The Morgan fingerprint density at radius 3 is 2.61 bits per heavy atom. The molecule has 0 amide bonds. The van der Waals surface area contributed by atoms with Crippen LogP contribution in [0.4, 0.5) is 0 Å². The van der Waals surface area contributed by atoms with Crippen LogP contribution in [0.5, 0.6) is 5.75 Å². The molecule has 2 rings (SSSR count). The maximum Gasteiger partial charge on any atom is 0.123 e. The van der Waals surface area contributed by atoms with Crippen molar-refractivity contribution in [1.82, 2.24) is 5.32 Å². The number of nitrogens with one attached hydrogen (secondary N) is 1. The third kappa shape index (κ3) is 3.49. The molecule has 2 heteroatoms. The van der Waals surface area contributed by atoms with Gasteiger partial charge in [0.25, 0.3) is 0 Å². The Labute approximate surface area is 111 Å². The Kier molecular flexibility index (Phi) is 4.65. The summed E-state index contributed by atoms with van der Waals surface area (Å²) >= 11 is 0. The Hall–Kier alpha value is -1.02. The number of hydrogen-bond donors (Lipinski definition) is 1. The SMILES string of the molecule is CCOc1ccccc1CNC1(C)CCCCC1. The first kappa shape index (κ1) is 13.4.